The lowest BCUT2D eigenvalue weighted by molar-refractivity contribution is 0.0998. The molecule has 0 atom stereocenters. The van der Waals surface area contributed by atoms with Crippen LogP contribution in [0.25, 0.3) is 0 Å². The number of nitrogens with zero attached hydrogens (tertiary/aromatic N) is 1. The monoisotopic (exact) mass is 301 g/mol. The third-order valence-electron chi connectivity index (χ3n) is 3.40. The molecule has 0 fully saturated rings. The number of hydrogen-bond donors (Lipinski definition) is 3. The Morgan fingerprint density at radius 3 is 2.55 bits per heavy atom. The van der Waals surface area contributed by atoms with Gasteiger partial charge in [-0.25, -0.2) is 0 Å². The van der Waals surface area contributed by atoms with Crippen molar-refractivity contribution in [1.82, 2.24) is 4.98 Å². The van der Waals surface area contributed by atoms with Gasteiger partial charge in [-0.3, -0.25) is 9.78 Å². The Bertz CT molecular complexity index is 669. The van der Waals surface area contributed by atoms with Crippen molar-refractivity contribution in [2.24, 2.45) is 11.5 Å². The van der Waals surface area contributed by atoms with E-state index in [0.717, 1.165) is 11.1 Å². The summed E-state index contributed by atoms with van der Waals surface area (Å²) in [6, 6.07) is 6.89. The molecule has 0 spiro atoms. The molecule has 0 aliphatic rings. The van der Waals surface area contributed by atoms with E-state index in [9.17, 15) is 9.90 Å². The first-order valence-corrected chi connectivity index (χ1v) is 6.85. The van der Waals surface area contributed by atoms with Crippen molar-refractivity contribution in [3.63, 3.8) is 0 Å². The van der Waals surface area contributed by atoms with Crippen LogP contribution in [-0.2, 0) is 24.5 Å². The van der Waals surface area contributed by atoms with Gasteiger partial charge in [-0.1, -0.05) is 12.1 Å². The van der Waals surface area contributed by atoms with Crippen molar-refractivity contribution in [1.29, 1.82) is 0 Å². The molecule has 1 amide bonds. The summed E-state index contributed by atoms with van der Waals surface area (Å²) in [5.41, 5.74) is 14.2. The molecule has 0 aliphatic heterocycles. The van der Waals surface area contributed by atoms with Crippen LogP contribution in [0.3, 0.4) is 0 Å². The van der Waals surface area contributed by atoms with Crippen molar-refractivity contribution < 1.29 is 14.6 Å². The molecule has 2 aromatic rings. The van der Waals surface area contributed by atoms with Crippen molar-refractivity contribution in [3.05, 3.63) is 58.4 Å². The fourth-order valence-corrected chi connectivity index (χ4v) is 2.08. The second-order valence-corrected chi connectivity index (χ2v) is 4.95. The van der Waals surface area contributed by atoms with Crippen LogP contribution in [0.1, 0.15) is 32.7 Å². The summed E-state index contributed by atoms with van der Waals surface area (Å²) in [4.78, 5) is 15.1. The first kappa shape index (κ1) is 15.9. The Labute approximate surface area is 128 Å². The van der Waals surface area contributed by atoms with Crippen molar-refractivity contribution in [3.8, 4) is 5.75 Å². The SMILES string of the molecule is Cc1ncc(COCc2ccc(C(N)=O)cc2)c(CN)c1O. The number of aromatic hydroxyl groups is 1. The van der Waals surface area contributed by atoms with Crippen molar-refractivity contribution >= 4 is 5.91 Å². The van der Waals surface area contributed by atoms with Crippen LogP contribution in [0.4, 0.5) is 0 Å². The molecule has 0 radical (unpaired) electrons. The van der Waals surface area contributed by atoms with Crippen molar-refractivity contribution in [2.75, 3.05) is 0 Å². The minimum absolute atomic E-state index is 0.120. The van der Waals surface area contributed by atoms with E-state index in [0.29, 0.717) is 30.0 Å². The number of ether oxygens (including phenoxy) is 1. The number of carbonyl (C=O) groups is 1. The highest BCUT2D eigenvalue weighted by molar-refractivity contribution is 5.92. The Morgan fingerprint density at radius 2 is 1.95 bits per heavy atom. The predicted molar refractivity (Wildman–Crippen MR) is 82.0 cm³/mol. The second kappa shape index (κ2) is 7.02. The lowest BCUT2D eigenvalue weighted by Gasteiger charge is -2.11. The summed E-state index contributed by atoms with van der Waals surface area (Å²) in [5, 5.41) is 9.94. The number of hydrogen-bond acceptors (Lipinski definition) is 5. The van der Waals surface area contributed by atoms with Gasteiger partial charge in [0.05, 0.1) is 18.9 Å². The predicted octanol–water partition coefficient (Wildman–Crippen LogP) is 1.37. The number of aryl methyl sites for hydroxylation is 1. The molecule has 0 bridgehead atoms. The third kappa shape index (κ3) is 3.60. The zero-order valence-electron chi connectivity index (χ0n) is 12.4. The van der Waals surface area contributed by atoms with Gasteiger partial charge < -0.3 is 21.3 Å². The summed E-state index contributed by atoms with van der Waals surface area (Å²) in [7, 11) is 0. The average molecular weight is 301 g/mol. The zero-order valence-corrected chi connectivity index (χ0v) is 12.4. The van der Waals surface area contributed by atoms with E-state index in [2.05, 4.69) is 4.98 Å². The van der Waals surface area contributed by atoms with Gasteiger partial charge in [0.15, 0.2) is 0 Å². The smallest absolute Gasteiger partial charge is 0.248 e. The number of rotatable bonds is 6. The molecule has 6 nitrogen and oxygen atoms in total. The number of carbonyl (C=O) groups excluding carboxylic acids is 1. The maximum absolute atomic E-state index is 11.0. The minimum Gasteiger partial charge on any atom is -0.506 e. The van der Waals surface area contributed by atoms with Crippen LogP contribution in [-0.4, -0.2) is 16.0 Å². The van der Waals surface area contributed by atoms with Gasteiger partial charge in [-0.05, 0) is 24.6 Å². The number of amides is 1. The second-order valence-electron chi connectivity index (χ2n) is 4.95. The highest BCUT2D eigenvalue weighted by Crippen LogP contribution is 2.23. The molecule has 22 heavy (non-hydrogen) atoms. The summed E-state index contributed by atoms with van der Waals surface area (Å²) >= 11 is 0. The topological polar surface area (TPSA) is 111 Å². The number of nitrogens with two attached hydrogens (primary N) is 2. The van der Waals surface area contributed by atoms with E-state index in [1.165, 1.54) is 0 Å². The van der Waals surface area contributed by atoms with Crippen LogP contribution >= 0.6 is 0 Å². The van der Waals surface area contributed by atoms with Crippen molar-refractivity contribution in [2.45, 2.75) is 26.7 Å². The fraction of sp³-hybridized carbons (Fsp3) is 0.250. The summed E-state index contributed by atoms with van der Waals surface area (Å²) < 4.78 is 5.62. The van der Waals surface area contributed by atoms with Gasteiger partial charge >= 0.3 is 0 Å². The number of aromatic nitrogens is 1. The van der Waals surface area contributed by atoms with Crippen LogP contribution < -0.4 is 11.5 Å². The Morgan fingerprint density at radius 1 is 1.27 bits per heavy atom. The highest BCUT2D eigenvalue weighted by Gasteiger charge is 2.10. The first-order valence-electron chi connectivity index (χ1n) is 6.85. The van der Waals surface area contributed by atoms with Gasteiger partial charge in [0, 0.05) is 29.4 Å². The van der Waals surface area contributed by atoms with Gasteiger partial charge in [0.2, 0.25) is 5.91 Å². The van der Waals surface area contributed by atoms with E-state index >= 15 is 0 Å². The third-order valence-corrected chi connectivity index (χ3v) is 3.40. The molecule has 2 rings (SSSR count). The quantitative estimate of drug-likeness (QED) is 0.746. The van der Waals surface area contributed by atoms with Crippen LogP contribution in [0.15, 0.2) is 30.5 Å². The zero-order chi connectivity index (χ0) is 16.1. The van der Waals surface area contributed by atoms with E-state index in [1.54, 1.807) is 37.4 Å². The van der Waals surface area contributed by atoms with Gasteiger partial charge in [0.25, 0.3) is 0 Å². The van der Waals surface area contributed by atoms with E-state index in [-0.39, 0.29) is 12.3 Å². The highest BCUT2D eigenvalue weighted by atomic mass is 16.5. The normalized spacial score (nSPS) is 10.6. The van der Waals surface area contributed by atoms with E-state index in [4.69, 9.17) is 16.2 Å². The fourth-order valence-electron chi connectivity index (χ4n) is 2.08. The number of primary amides is 1. The first-order chi connectivity index (χ1) is 10.5. The molecule has 1 aromatic heterocycles. The maximum Gasteiger partial charge on any atom is 0.248 e. The molecule has 6 heteroatoms. The summed E-state index contributed by atoms with van der Waals surface area (Å²) in [6.45, 7) is 2.61. The largest absolute Gasteiger partial charge is 0.506 e. The van der Waals surface area contributed by atoms with Crippen LogP contribution in [0.5, 0.6) is 5.75 Å². The molecule has 116 valence electrons. The number of benzene rings is 1. The molecule has 1 aromatic carbocycles. The van der Waals surface area contributed by atoms with Gasteiger partial charge in [0.1, 0.15) is 5.75 Å². The Hall–Kier alpha value is -2.44. The lowest BCUT2D eigenvalue weighted by atomic mass is 10.1. The molecular formula is C16H19N3O3. The van der Waals surface area contributed by atoms with Crippen LogP contribution in [0.2, 0.25) is 0 Å². The summed E-state index contributed by atoms with van der Waals surface area (Å²) in [5.74, 6) is -0.337. The van der Waals surface area contributed by atoms with E-state index < -0.39 is 5.91 Å². The number of pyridine rings is 1. The molecule has 5 N–H and O–H groups in total. The summed E-state index contributed by atoms with van der Waals surface area (Å²) in [6.07, 6.45) is 1.66. The molecule has 1 heterocycles. The maximum atomic E-state index is 11.0. The molecule has 0 saturated carbocycles. The van der Waals surface area contributed by atoms with Crippen LogP contribution in [0, 0.1) is 6.92 Å². The minimum atomic E-state index is -0.457. The van der Waals surface area contributed by atoms with Gasteiger partial charge in [-0.2, -0.15) is 0 Å². The lowest BCUT2D eigenvalue weighted by Crippen LogP contribution is -2.10. The Balaban J connectivity index is 1.99. The van der Waals surface area contributed by atoms with E-state index in [1.807, 2.05) is 0 Å². The molecule has 0 unspecified atom stereocenters. The Kier molecular flexibility index (Phi) is 5.08. The molecule has 0 aliphatic carbocycles. The standard InChI is InChI=1S/C16H19N3O3/c1-10-15(20)14(6-17)13(7-19-10)9-22-8-11-2-4-12(5-3-11)16(18)21/h2-5,7,20H,6,8-9,17H2,1H3,(H2,18,21). The van der Waals surface area contributed by atoms with Gasteiger partial charge in [-0.15, -0.1) is 0 Å². The average Bonchev–Trinajstić information content (AvgIpc) is 2.51. The molecule has 0 saturated heterocycles. The molecular weight excluding hydrogens is 282 g/mol.